The summed E-state index contributed by atoms with van der Waals surface area (Å²) in [5.74, 6) is 0.737. The minimum Gasteiger partial charge on any atom is -0.447 e. The Balaban J connectivity index is 1.83. The number of nitrogens with zero attached hydrogens (tertiary/aromatic N) is 1. The number of unbranched alkanes of at least 4 members (excludes halogenated alkanes) is 1. The van der Waals surface area contributed by atoms with Crippen molar-refractivity contribution in [2.24, 2.45) is 5.92 Å². The zero-order chi connectivity index (χ0) is 14.4. The first-order valence-corrected chi connectivity index (χ1v) is 7.64. The Bertz CT molecular complexity index is 416. The second-order valence-corrected chi connectivity index (χ2v) is 6.00. The van der Waals surface area contributed by atoms with Crippen LogP contribution in [0.25, 0.3) is 0 Å². The van der Waals surface area contributed by atoms with Crippen LogP contribution in [-0.2, 0) is 11.2 Å². The predicted molar refractivity (Wildman–Crippen MR) is 80.7 cm³/mol. The number of carbonyl (C=O) groups excluding carboxylic acids is 1. The maximum atomic E-state index is 11.8. The fourth-order valence-electron chi connectivity index (χ4n) is 2.65. The summed E-state index contributed by atoms with van der Waals surface area (Å²) in [4.78, 5) is 13.7. The Morgan fingerprint density at radius 3 is 2.70 bits per heavy atom. The van der Waals surface area contributed by atoms with Gasteiger partial charge in [-0.1, -0.05) is 57.0 Å². The first kappa shape index (κ1) is 14.9. The van der Waals surface area contributed by atoms with Gasteiger partial charge >= 0.3 is 6.09 Å². The van der Waals surface area contributed by atoms with Crippen molar-refractivity contribution < 1.29 is 9.53 Å². The fourth-order valence-corrected chi connectivity index (χ4v) is 2.65. The summed E-state index contributed by atoms with van der Waals surface area (Å²) >= 11 is 0. The van der Waals surface area contributed by atoms with Gasteiger partial charge in [0.25, 0.3) is 0 Å². The van der Waals surface area contributed by atoms with Crippen molar-refractivity contribution in [1.82, 2.24) is 4.90 Å². The Morgan fingerprint density at radius 1 is 1.25 bits per heavy atom. The zero-order valence-electron chi connectivity index (χ0n) is 12.5. The van der Waals surface area contributed by atoms with Crippen molar-refractivity contribution in [1.29, 1.82) is 0 Å². The number of amides is 1. The Labute approximate surface area is 121 Å². The second kappa shape index (κ2) is 7.32. The smallest absolute Gasteiger partial charge is 0.410 e. The molecule has 110 valence electrons. The van der Waals surface area contributed by atoms with Crippen LogP contribution in [0.4, 0.5) is 4.79 Å². The summed E-state index contributed by atoms with van der Waals surface area (Å²) < 4.78 is 5.22. The molecule has 1 aromatic carbocycles. The minimum atomic E-state index is -0.143. The Hall–Kier alpha value is -1.51. The van der Waals surface area contributed by atoms with Gasteiger partial charge < -0.3 is 9.64 Å². The lowest BCUT2D eigenvalue weighted by Crippen LogP contribution is -2.35. The molecule has 0 N–H and O–H groups in total. The molecule has 1 fully saturated rings. The molecule has 0 saturated carbocycles. The molecule has 1 saturated heterocycles. The molecule has 1 aliphatic heterocycles. The van der Waals surface area contributed by atoms with Gasteiger partial charge in [0.2, 0.25) is 0 Å². The van der Waals surface area contributed by atoms with Crippen LogP contribution in [0.1, 0.15) is 38.7 Å². The quantitative estimate of drug-likeness (QED) is 0.707. The van der Waals surface area contributed by atoms with Gasteiger partial charge in [-0.2, -0.15) is 0 Å². The average Bonchev–Trinajstić information content (AvgIpc) is 2.77. The fraction of sp³-hybridized carbons (Fsp3) is 0.588. The number of carbonyl (C=O) groups is 1. The maximum absolute atomic E-state index is 11.8. The van der Waals surface area contributed by atoms with E-state index in [4.69, 9.17) is 4.74 Å². The lowest BCUT2D eigenvalue weighted by Gasteiger charge is -2.21. The SMILES string of the molecule is CC(C)CCCCN1C(=O)OC[C@@H]1Cc1ccccc1. The highest BCUT2D eigenvalue weighted by Gasteiger charge is 2.32. The molecule has 3 nitrogen and oxygen atoms in total. The van der Waals surface area contributed by atoms with Gasteiger partial charge in [0.05, 0.1) is 6.04 Å². The first-order valence-electron chi connectivity index (χ1n) is 7.64. The molecule has 0 spiro atoms. The summed E-state index contributed by atoms with van der Waals surface area (Å²) in [7, 11) is 0. The summed E-state index contributed by atoms with van der Waals surface area (Å²) in [6.45, 7) is 5.83. The van der Waals surface area contributed by atoms with Gasteiger partial charge in [-0.15, -0.1) is 0 Å². The molecular formula is C17H25NO2. The highest BCUT2D eigenvalue weighted by Crippen LogP contribution is 2.18. The van der Waals surface area contributed by atoms with Crippen LogP contribution in [0.3, 0.4) is 0 Å². The van der Waals surface area contributed by atoms with Crippen molar-refractivity contribution in [2.45, 2.75) is 45.6 Å². The van der Waals surface area contributed by atoms with Crippen molar-refractivity contribution in [3.8, 4) is 0 Å². The molecule has 20 heavy (non-hydrogen) atoms. The van der Waals surface area contributed by atoms with E-state index in [0.717, 1.165) is 25.3 Å². The molecule has 1 aliphatic rings. The summed E-state index contributed by atoms with van der Waals surface area (Å²) in [5.41, 5.74) is 1.27. The third-order valence-electron chi connectivity index (χ3n) is 3.82. The van der Waals surface area contributed by atoms with E-state index in [9.17, 15) is 4.79 Å². The monoisotopic (exact) mass is 275 g/mol. The predicted octanol–water partition coefficient (Wildman–Crippen LogP) is 3.88. The van der Waals surface area contributed by atoms with E-state index < -0.39 is 0 Å². The average molecular weight is 275 g/mol. The van der Waals surface area contributed by atoms with Gasteiger partial charge in [0.1, 0.15) is 6.61 Å². The molecule has 0 bridgehead atoms. The number of rotatable bonds is 7. The Morgan fingerprint density at radius 2 is 2.00 bits per heavy atom. The Kier molecular flexibility index (Phi) is 5.45. The number of ether oxygens (including phenoxy) is 1. The molecule has 0 radical (unpaired) electrons. The van der Waals surface area contributed by atoms with Crippen molar-refractivity contribution in [3.63, 3.8) is 0 Å². The molecular weight excluding hydrogens is 250 g/mol. The highest BCUT2D eigenvalue weighted by atomic mass is 16.6. The van der Waals surface area contributed by atoms with Crippen molar-refractivity contribution in [3.05, 3.63) is 35.9 Å². The van der Waals surface area contributed by atoms with E-state index >= 15 is 0 Å². The molecule has 0 unspecified atom stereocenters. The number of hydrogen-bond acceptors (Lipinski definition) is 2. The first-order chi connectivity index (χ1) is 9.66. The molecule has 0 aromatic heterocycles. The van der Waals surface area contributed by atoms with Gasteiger partial charge in [0, 0.05) is 6.54 Å². The second-order valence-electron chi connectivity index (χ2n) is 6.00. The van der Waals surface area contributed by atoms with Crippen LogP contribution in [0.5, 0.6) is 0 Å². The molecule has 1 aromatic rings. The van der Waals surface area contributed by atoms with Crippen molar-refractivity contribution in [2.75, 3.05) is 13.2 Å². The lowest BCUT2D eigenvalue weighted by molar-refractivity contribution is 0.157. The van der Waals surface area contributed by atoms with E-state index in [2.05, 4.69) is 26.0 Å². The van der Waals surface area contributed by atoms with Crippen LogP contribution < -0.4 is 0 Å². The van der Waals surface area contributed by atoms with Crippen molar-refractivity contribution >= 4 is 6.09 Å². The van der Waals surface area contributed by atoms with Gasteiger partial charge in [0.15, 0.2) is 0 Å². The maximum Gasteiger partial charge on any atom is 0.410 e. The standard InChI is InChI=1S/C17H25NO2/c1-14(2)8-6-7-11-18-16(13-20-17(18)19)12-15-9-4-3-5-10-15/h3-5,9-10,14,16H,6-8,11-13H2,1-2H3/t16-/m0/s1. The van der Waals surface area contributed by atoms with Crippen LogP contribution in [-0.4, -0.2) is 30.2 Å². The number of hydrogen-bond donors (Lipinski definition) is 0. The van der Waals surface area contributed by atoms with Gasteiger partial charge in [-0.25, -0.2) is 4.79 Å². The molecule has 1 heterocycles. The third kappa shape index (κ3) is 4.26. The van der Waals surface area contributed by atoms with Gasteiger partial charge in [-0.3, -0.25) is 0 Å². The molecule has 2 rings (SSSR count). The van der Waals surface area contributed by atoms with Crippen LogP contribution in [0.15, 0.2) is 30.3 Å². The van der Waals surface area contributed by atoms with E-state index in [1.54, 1.807) is 0 Å². The third-order valence-corrected chi connectivity index (χ3v) is 3.82. The zero-order valence-corrected chi connectivity index (χ0v) is 12.5. The van der Waals surface area contributed by atoms with Crippen LogP contribution >= 0.6 is 0 Å². The normalized spacial score (nSPS) is 18.6. The molecule has 1 amide bonds. The molecule has 1 atom stereocenters. The van der Waals surface area contributed by atoms with Crippen LogP contribution in [0.2, 0.25) is 0 Å². The number of cyclic esters (lactones) is 1. The van der Waals surface area contributed by atoms with Crippen LogP contribution in [0, 0.1) is 5.92 Å². The lowest BCUT2D eigenvalue weighted by atomic mass is 10.0. The largest absolute Gasteiger partial charge is 0.447 e. The van der Waals surface area contributed by atoms with E-state index in [-0.39, 0.29) is 12.1 Å². The number of benzene rings is 1. The topological polar surface area (TPSA) is 29.5 Å². The molecule has 3 heteroatoms. The minimum absolute atomic E-state index is 0.143. The van der Waals surface area contributed by atoms with Gasteiger partial charge in [-0.05, 0) is 24.3 Å². The summed E-state index contributed by atoms with van der Waals surface area (Å²) in [5, 5.41) is 0. The van der Waals surface area contributed by atoms with E-state index in [0.29, 0.717) is 6.61 Å². The molecule has 0 aliphatic carbocycles. The summed E-state index contributed by atoms with van der Waals surface area (Å²) in [6, 6.07) is 10.5. The van der Waals surface area contributed by atoms with E-state index in [1.165, 1.54) is 18.4 Å². The highest BCUT2D eigenvalue weighted by molar-refractivity contribution is 5.70. The summed E-state index contributed by atoms with van der Waals surface area (Å²) in [6.07, 6.45) is 4.22. The van der Waals surface area contributed by atoms with E-state index in [1.807, 2.05) is 23.1 Å².